The van der Waals surface area contributed by atoms with Crippen LogP contribution >= 0.6 is 11.6 Å². The molecule has 0 unspecified atom stereocenters. The lowest BCUT2D eigenvalue weighted by molar-refractivity contribution is -0.114. The lowest BCUT2D eigenvalue weighted by Gasteiger charge is -2.15. The van der Waals surface area contributed by atoms with E-state index in [0.29, 0.717) is 16.4 Å². The third-order valence-electron chi connectivity index (χ3n) is 3.54. The summed E-state index contributed by atoms with van der Waals surface area (Å²) in [5.41, 5.74) is 2.03. The predicted molar refractivity (Wildman–Crippen MR) is 101 cm³/mol. The number of nitrogens with one attached hydrogen (secondary N) is 2. The van der Waals surface area contributed by atoms with Crippen LogP contribution in [0.3, 0.4) is 0 Å². The number of hydrogen-bond acceptors (Lipinski definition) is 4. The first kappa shape index (κ1) is 19.2. The molecular formula is C17H20ClN3O3S. The molecule has 0 saturated heterocycles. The third kappa shape index (κ3) is 4.94. The van der Waals surface area contributed by atoms with Gasteiger partial charge in [-0.2, -0.15) is 0 Å². The Bertz CT molecular complexity index is 882. The first-order valence-corrected chi connectivity index (χ1v) is 9.34. The standard InChI is InChI=1S/C17H20ClN3O3S/c1-12-7-8-15(25(23,24)21(2)3)10-16(12)19-11-17(22)20-14-6-4-5-13(18)9-14/h4-10,19H,11H2,1-3H3,(H,20,22). The van der Waals surface area contributed by atoms with Crippen molar-refractivity contribution in [3.63, 3.8) is 0 Å². The highest BCUT2D eigenvalue weighted by Gasteiger charge is 2.18. The van der Waals surface area contributed by atoms with E-state index in [1.54, 1.807) is 36.4 Å². The van der Waals surface area contributed by atoms with Gasteiger partial charge in [-0.15, -0.1) is 0 Å². The first-order chi connectivity index (χ1) is 11.7. The molecule has 1 amide bonds. The molecule has 0 atom stereocenters. The minimum atomic E-state index is -3.53. The summed E-state index contributed by atoms with van der Waals surface area (Å²) in [4.78, 5) is 12.2. The summed E-state index contributed by atoms with van der Waals surface area (Å²) < 4.78 is 25.6. The van der Waals surface area contributed by atoms with Crippen molar-refractivity contribution in [3.05, 3.63) is 53.1 Å². The van der Waals surface area contributed by atoms with Gasteiger partial charge in [0.2, 0.25) is 15.9 Å². The molecule has 0 aliphatic carbocycles. The molecule has 0 saturated carbocycles. The van der Waals surface area contributed by atoms with Crippen LogP contribution in [-0.4, -0.2) is 39.3 Å². The van der Waals surface area contributed by atoms with Crippen molar-refractivity contribution in [1.82, 2.24) is 4.31 Å². The number of carbonyl (C=O) groups is 1. The quantitative estimate of drug-likeness (QED) is 0.806. The van der Waals surface area contributed by atoms with Crippen molar-refractivity contribution >= 4 is 38.9 Å². The van der Waals surface area contributed by atoms with E-state index in [0.717, 1.165) is 9.87 Å². The van der Waals surface area contributed by atoms with Crippen molar-refractivity contribution in [1.29, 1.82) is 0 Å². The van der Waals surface area contributed by atoms with E-state index in [1.165, 1.54) is 20.2 Å². The van der Waals surface area contributed by atoms with Gasteiger partial charge in [0, 0.05) is 30.5 Å². The molecule has 2 rings (SSSR count). The van der Waals surface area contributed by atoms with Crippen LogP contribution in [0, 0.1) is 6.92 Å². The molecule has 2 aromatic rings. The van der Waals surface area contributed by atoms with Gasteiger partial charge in [-0.25, -0.2) is 12.7 Å². The number of nitrogens with zero attached hydrogens (tertiary/aromatic N) is 1. The molecule has 0 aliphatic rings. The van der Waals surface area contributed by atoms with Crippen LogP contribution in [0.1, 0.15) is 5.56 Å². The molecule has 0 heterocycles. The van der Waals surface area contributed by atoms with Gasteiger partial charge >= 0.3 is 0 Å². The highest BCUT2D eigenvalue weighted by Crippen LogP contribution is 2.22. The molecule has 25 heavy (non-hydrogen) atoms. The number of halogens is 1. The van der Waals surface area contributed by atoms with Crippen molar-refractivity contribution in [3.8, 4) is 0 Å². The minimum Gasteiger partial charge on any atom is -0.376 e. The Morgan fingerprint density at radius 1 is 1.16 bits per heavy atom. The molecule has 0 aliphatic heterocycles. The average molecular weight is 382 g/mol. The highest BCUT2D eigenvalue weighted by atomic mass is 35.5. The van der Waals surface area contributed by atoms with Crippen LogP contribution in [0.5, 0.6) is 0 Å². The largest absolute Gasteiger partial charge is 0.376 e. The fourth-order valence-electron chi connectivity index (χ4n) is 2.11. The average Bonchev–Trinajstić information content (AvgIpc) is 2.53. The molecule has 2 aromatic carbocycles. The second-order valence-corrected chi connectivity index (χ2v) is 8.26. The van der Waals surface area contributed by atoms with Crippen LogP contribution in [0.25, 0.3) is 0 Å². The predicted octanol–water partition coefficient (Wildman–Crippen LogP) is 2.95. The van der Waals surface area contributed by atoms with Gasteiger partial charge in [0.15, 0.2) is 0 Å². The van der Waals surface area contributed by atoms with E-state index in [2.05, 4.69) is 10.6 Å². The number of carbonyl (C=O) groups excluding carboxylic acids is 1. The Kier molecular flexibility index (Phi) is 6.05. The summed E-state index contributed by atoms with van der Waals surface area (Å²) in [6.07, 6.45) is 0. The number of amides is 1. The second-order valence-electron chi connectivity index (χ2n) is 5.68. The lowest BCUT2D eigenvalue weighted by atomic mass is 10.2. The zero-order valence-electron chi connectivity index (χ0n) is 14.2. The smallest absolute Gasteiger partial charge is 0.243 e. The number of benzene rings is 2. The van der Waals surface area contributed by atoms with Crippen molar-refractivity contribution in [2.45, 2.75) is 11.8 Å². The Morgan fingerprint density at radius 3 is 2.52 bits per heavy atom. The molecule has 134 valence electrons. The van der Waals surface area contributed by atoms with Gasteiger partial charge in [0.25, 0.3) is 0 Å². The van der Waals surface area contributed by atoms with E-state index >= 15 is 0 Å². The topological polar surface area (TPSA) is 78.5 Å². The Labute approximate surface area is 152 Å². The summed E-state index contributed by atoms with van der Waals surface area (Å²) in [5.74, 6) is -0.262. The molecule has 2 N–H and O–H groups in total. The van der Waals surface area contributed by atoms with Gasteiger partial charge in [-0.1, -0.05) is 23.7 Å². The maximum Gasteiger partial charge on any atom is 0.243 e. The van der Waals surface area contributed by atoms with Gasteiger partial charge in [-0.3, -0.25) is 4.79 Å². The van der Waals surface area contributed by atoms with Crippen LogP contribution in [-0.2, 0) is 14.8 Å². The highest BCUT2D eigenvalue weighted by molar-refractivity contribution is 7.89. The number of sulfonamides is 1. The number of anilines is 2. The van der Waals surface area contributed by atoms with Gasteiger partial charge < -0.3 is 10.6 Å². The monoisotopic (exact) mass is 381 g/mol. The summed E-state index contributed by atoms with van der Waals surface area (Å²) in [5, 5.41) is 6.22. The zero-order chi connectivity index (χ0) is 18.6. The maximum absolute atomic E-state index is 12.2. The molecular weight excluding hydrogens is 362 g/mol. The number of rotatable bonds is 6. The van der Waals surface area contributed by atoms with Crippen LogP contribution < -0.4 is 10.6 Å². The van der Waals surface area contributed by atoms with E-state index in [1.807, 2.05) is 6.92 Å². The lowest BCUT2D eigenvalue weighted by Crippen LogP contribution is -2.23. The Hall–Kier alpha value is -2.09. The molecule has 0 aromatic heterocycles. The van der Waals surface area contributed by atoms with E-state index in [4.69, 9.17) is 11.6 Å². The maximum atomic E-state index is 12.2. The van der Waals surface area contributed by atoms with Crippen molar-refractivity contribution < 1.29 is 13.2 Å². The van der Waals surface area contributed by atoms with E-state index < -0.39 is 10.0 Å². The van der Waals surface area contributed by atoms with Gasteiger partial charge in [0.05, 0.1) is 11.4 Å². The van der Waals surface area contributed by atoms with Gasteiger partial charge in [0.1, 0.15) is 0 Å². The fourth-order valence-corrected chi connectivity index (χ4v) is 3.23. The Morgan fingerprint density at radius 2 is 1.88 bits per heavy atom. The third-order valence-corrected chi connectivity index (χ3v) is 5.58. The van der Waals surface area contributed by atoms with Crippen LogP contribution in [0.4, 0.5) is 11.4 Å². The number of hydrogen-bond donors (Lipinski definition) is 2. The second kappa shape index (κ2) is 7.86. The molecule has 0 fully saturated rings. The normalized spacial score (nSPS) is 11.4. The molecule has 8 heteroatoms. The summed E-state index contributed by atoms with van der Waals surface area (Å²) in [7, 11) is -0.584. The molecule has 6 nitrogen and oxygen atoms in total. The summed E-state index contributed by atoms with van der Waals surface area (Å²) in [6.45, 7) is 1.84. The van der Waals surface area contributed by atoms with Crippen LogP contribution in [0.15, 0.2) is 47.4 Å². The van der Waals surface area contributed by atoms with Crippen LogP contribution in [0.2, 0.25) is 5.02 Å². The van der Waals surface area contributed by atoms with Gasteiger partial charge in [-0.05, 0) is 42.8 Å². The SMILES string of the molecule is Cc1ccc(S(=O)(=O)N(C)C)cc1NCC(=O)Nc1cccc(Cl)c1. The zero-order valence-corrected chi connectivity index (χ0v) is 15.8. The van der Waals surface area contributed by atoms with Crippen molar-refractivity contribution in [2.75, 3.05) is 31.3 Å². The first-order valence-electron chi connectivity index (χ1n) is 7.52. The fraction of sp³-hybridized carbons (Fsp3) is 0.235. The van der Waals surface area contributed by atoms with E-state index in [-0.39, 0.29) is 17.3 Å². The number of aryl methyl sites for hydroxylation is 1. The van der Waals surface area contributed by atoms with Crippen molar-refractivity contribution in [2.24, 2.45) is 0 Å². The molecule has 0 radical (unpaired) electrons. The summed E-state index contributed by atoms with van der Waals surface area (Å²) >= 11 is 5.88. The van der Waals surface area contributed by atoms with E-state index in [9.17, 15) is 13.2 Å². The summed E-state index contributed by atoms with van der Waals surface area (Å²) in [6, 6.07) is 11.6. The Balaban J connectivity index is 2.09. The molecule has 0 spiro atoms. The minimum absolute atomic E-state index is 0.00117. The molecule has 0 bridgehead atoms.